The van der Waals surface area contributed by atoms with Gasteiger partial charge in [-0.3, -0.25) is 0 Å². The smallest absolute Gasteiger partial charge is 0.461 e. The van der Waals surface area contributed by atoms with Gasteiger partial charge in [0.05, 0.1) is 6.54 Å². The molecule has 0 amide bonds. The average Bonchev–Trinajstić information content (AvgIpc) is 2.81. The molecule has 1 atom stereocenters. The summed E-state index contributed by atoms with van der Waals surface area (Å²) in [6, 6.07) is 16.7. The van der Waals surface area contributed by atoms with E-state index < -0.39 is 37.1 Å². The lowest BCUT2D eigenvalue weighted by molar-refractivity contribution is -0.253. The van der Waals surface area contributed by atoms with Gasteiger partial charge < -0.3 is 19.5 Å². The molecule has 0 bridgehead atoms. The first-order valence-corrected chi connectivity index (χ1v) is 11.5. The number of alkyl halides is 7. The largest absolute Gasteiger partial charge is 0.489 e. The number of nitrogens with zero attached hydrogens (tertiary/aromatic N) is 1. The van der Waals surface area contributed by atoms with Crippen LogP contribution in [0.5, 0.6) is 11.5 Å². The molecule has 1 unspecified atom stereocenters. The Kier molecular flexibility index (Phi) is 9.14. The van der Waals surface area contributed by atoms with Gasteiger partial charge in [0.15, 0.2) is 6.10 Å². The van der Waals surface area contributed by atoms with Crippen LogP contribution in [0, 0.1) is 13.8 Å². The standard InChI is InChI=1S/C27H26F7NO3/c1-17-9-18(2)11-20(10-17)16-37-22-7-4-6-21(13-22)35(15-24(36)26(30,31)32)14-19-5-3-8-23(12-19)38-27(33,34)25(28)29/h3-13,24-25,36H,14-16H2,1-2H3. The number of hydrogen-bond donors (Lipinski definition) is 1. The van der Waals surface area contributed by atoms with E-state index in [1.54, 1.807) is 12.1 Å². The fourth-order valence-corrected chi connectivity index (χ4v) is 3.79. The predicted octanol–water partition coefficient (Wildman–Crippen LogP) is 7.05. The zero-order valence-electron chi connectivity index (χ0n) is 20.5. The number of aryl methyl sites for hydroxylation is 2. The maximum Gasteiger partial charge on any atom is 0.461 e. The molecule has 1 N–H and O–H groups in total. The van der Waals surface area contributed by atoms with E-state index in [0.29, 0.717) is 5.75 Å². The highest BCUT2D eigenvalue weighted by Crippen LogP contribution is 2.30. The molecule has 0 aromatic heterocycles. The van der Waals surface area contributed by atoms with Crippen LogP contribution in [0.15, 0.2) is 66.7 Å². The molecule has 0 heterocycles. The molecule has 11 heteroatoms. The van der Waals surface area contributed by atoms with Crippen LogP contribution in [0.3, 0.4) is 0 Å². The van der Waals surface area contributed by atoms with Gasteiger partial charge in [-0.05, 0) is 49.2 Å². The van der Waals surface area contributed by atoms with Crippen molar-refractivity contribution >= 4 is 5.69 Å². The summed E-state index contributed by atoms with van der Waals surface area (Å²) in [5.74, 6) is -0.239. The quantitative estimate of drug-likeness (QED) is 0.262. The summed E-state index contributed by atoms with van der Waals surface area (Å²) in [5, 5.41) is 9.73. The van der Waals surface area contributed by atoms with E-state index in [1.807, 2.05) is 32.0 Å². The van der Waals surface area contributed by atoms with Crippen LogP contribution in [0.1, 0.15) is 22.3 Å². The van der Waals surface area contributed by atoms with Crippen molar-refractivity contribution in [2.75, 3.05) is 11.4 Å². The molecule has 3 aromatic carbocycles. The molecular weight excluding hydrogens is 519 g/mol. The summed E-state index contributed by atoms with van der Waals surface area (Å²) in [6.45, 7) is 2.91. The molecular formula is C27H26F7NO3. The number of aliphatic hydroxyl groups is 1. The van der Waals surface area contributed by atoms with Crippen LogP contribution in [0.25, 0.3) is 0 Å². The number of rotatable bonds is 11. The van der Waals surface area contributed by atoms with Gasteiger partial charge in [-0.1, -0.05) is 47.5 Å². The SMILES string of the molecule is Cc1cc(C)cc(COc2cccc(N(Cc3cccc(OC(F)(F)C(F)F)c3)CC(O)C(F)(F)F)c2)c1. The van der Waals surface area contributed by atoms with Gasteiger partial charge in [0.2, 0.25) is 0 Å². The summed E-state index contributed by atoms with van der Waals surface area (Å²) in [4.78, 5) is 1.17. The highest BCUT2D eigenvalue weighted by atomic mass is 19.4. The predicted molar refractivity (Wildman–Crippen MR) is 128 cm³/mol. The lowest BCUT2D eigenvalue weighted by Gasteiger charge is -2.29. The number of hydrogen-bond acceptors (Lipinski definition) is 4. The maximum atomic E-state index is 13.3. The Morgan fingerprint density at radius 3 is 2.08 bits per heavy atom. The number of aliphatic hydroxyl groups excluding tert-OH is 1. The van der Waals surface area contributed by atoms with E-state index in [1.165, 1.54) is 29.2 Å². The van der Waals surface area contributed by atoms with Gasteiger partial charge in [-0.25, -0.2) is 0 Å². The lowest BCUT2D eigenvalue weighted by atomic mass is 10.1. The second-order valence-electron chi connectivity index (χ2n) is 8.83. The van der Waals surface area contributed by atoms with Gasteiger partial charge in [-0.15, -0.1) is 0 Å². The molecule has 0 aliphatic carbocycles. The monoisotopic (exact) mass is 545 g/mol. The Balaban J connectivity index is 1.84. The van der Waals surface area contributed by atoms with E-state index in [9.17, 15) is 35.8 Å². The minimum absolute atomic E-state index is 0.184. The molecule has 0 aliphatic heterocycles. The summed E-state index contributed by atoms with van der Waals surface area (Å²) >= 11 is 0. The first-order valence-electron chi connectivity index (χ1n) is 11.5. The van der Waals surface area contributed by atoms with E-state index in [-0.39, 0.29) is 24.4 Å². The summed E-state index contributed by atoms with van der Waals surface area (Å²) in [6.07, 6.45) is -16.5. The first-order chi connectivity index (χ1) is 17.7. The second kappa shape index (κ2) is 11.9. The molecule has 4 nitrogen and oxygen atoms in total. The van der Waals surface area contributed by atoms with Crippen molar-refractivity contribution in [1.29, 1.82) is 0 Å². The van der Waals surface area contributed by atoms with Crippen molar-refractivity contribution in [3.63, 3.8) is 0 Å². The zero-order chi connectivity index (χ0) is 28.1. The van der Waals surface area contributed by atoms with Gasteiger partial charge in [0, 0.05) is 18.3 Å². The van der Waals surface area contributed by atoms with E-state index in [4.69, 9.17) is 4.74 Å². The fourth-order valence-electron chi connectivity index (χ4n) is 3.79. The molecule has 3 rings (SSSR count). The lowest BCUT2D eigenvalue weighted by Crippen LogP contribution is -2.40. The Morgan fingerprint density at radius 2 is 1.45 bits per heavy atom. The summed E-state index contributed by atoms with van der Waals surface area (Å²) < 4.78 is 101. The van der Waals surface area contributed by atoms with E-state index in [0.717, 1.165) is 28.8 Å². The number of anilines is 1. The van der Waals surface area contributed by atoms with Crippen LogP contribution in [0.4, 0.5) is 36.4 Å². The van der Waals surface area contributed by atoms with E-state index in [2.05, 4.69) is 4.74 Å². The van der Waals surface area contributed by atoms with Crippen LogP contribution >= 0.6 is 0 Å². The highest BCUT2D eigenvalue weighted by molar-refractivity contribution is 5.52. The average molecular weight is 545 g/mol. The Bertz CT molecular complexity index is 1200. The Morgan fingerprint density at radius 1 is 0.816 bits per heavy atom. The van der Waals surface area contributed by atoms with Gasteiger partial charge >= 0.3 is 18.7 Å². The molecule has 0 saturated carbocycles. The minimum Gasteiger partial charge on any atom is -0.489 e. The Labute approximate surface area is 215 Å². The summed E-state index contributed by atoms with van der Waals surface area (Å²) in [7, 11) is 0. The first kappa shape index (κ1) is 29.1. The fraction of sp³-hybridized carbons (Fsp3) is 0.333. The van der Waals surface area contributed by atoms with Gasteiger partial charge in [0.25, 0.3) is 0 Å². The van der Waals surface area contributed by atoms with Crippen LogP contribution in [0.2, 0.25) is 0 Å². The summed E-state index contributed by atoms with van der Waals surface area (Å²) in [5.41, 5.74) is 3.41. The van der Waals surface area contributed by atoms with Crippen molar-refractivity contribution in [2.24, 2.45) is 0 Å². The van der Waals surface area contributed by atoms with E-state index >= 15 is 0 Å². The topological polar surface area (TPSA) is 41.9 Å². The third-order valence-electron chi connectivity index (χ3n) is 5.42. The van der Waals surface area contributed by atoms with Crippen molar-refractivity contribution in [1.82, 2.24) is 0 Å². The highest BCUT2D eigenvalue weighted by Gasteiger charge is 2.44. The molecule has 0 fully saturated rings. The minimum atomic E-state index is -4.92. The zero-order valence-corrected chi connectivity index (χ0v) is 20.5. The third kappa shape index (κ3) is 8.27. The van der Waals surface area contributed by atoms with Crippen molar-refractivity contribution in [3.05, 3.63) is 89.0 Å². The third-order valence-corrected chi connectivity index (χ3v) is 5.42. The normalized spacial score (nSPS) is 12.9. The number of halogens is 7. The van der Waals surface area contributed by atoms with Crippen molar-refractivity contribution < 1.29 is 45.3 Å². The molecule has 206 valence electrons. The van der Waals surface area contributed by atoms with Crippen LogP contribution in [-0.2, 0) is 13.2 Å². The van der Waals surface area contributed by atoms with Gasteiger partial charge in [-0.2, -0.15) is 30.7 Å². The van der Waals surface area contributed by atoms with Crippen molar-refractivity contribution in [3.8, 4) is 11.5 Å². The molecule has 0 spiro atoms. The molecule has 0 aliphatic rings. The molecule has 38 heavy (non-hydrogen) atoms. The van der Waals surface area contributed by atoms with Crippen LogP contribution < -0.4 is 14.4 Å². The maximum absolute atomic E-state index is 13.3. The molecule has 0 saturated heterocycles. The number of benzene rings is 3. The second-order valence-corrected chi connectivity index (χ2v) is 8.83. The van der Waals surface area contributed by atoms with Gasteiger partial charge in [0.1, 0.15) is 18.1 Å². The van der Waals surface area contributed by atoms with Crippen molar-refractivity contribution in [2.45, 2.75) is 51.8 Å². The molecule has 0 radical (unpaired) electrons. The molecule has 3 aromatic rings. The Hall–Kier alpha value is -3.47. The number of ether oxygens (including phenoxy) is 2. The van der Waals surface area contributed by atoms with Crippen LogP contribution in [-0.4, -0.2) is 36.5 Å².